The van der Waals surface area contributed by atoms with Gasteiger partial charge in [0.15, 0.2) is 0 Å². The Hall–Kier alpha value is -2.61. The molecule has 4 N–H and O–H groups in total. The normalized spacial score (nSPS) is 13.4. The highest BCUT2D eigenvalue weighted by atomic mass is 16.6. The van der Waals surface area contributed by atoms with E-state index in [0.29, 0.717) is 5.56 Å². The van der Waals surface area contributed by atoms with Crippen LogP contribution in [0, 0.1) is 0 Å². The summed E-state index contributed by atoms with van der Waals surface area (Å²) in [5.74, 6) is -2.61. The molecule has 0 radical (unpaired) electrons. The molecule has 144 valence electrons. The number of ether oxygens (including phenoxy) is 2. The zero-order chi connectivity index (χ0) is 19.8. The first-order chi connectivity index (χ1) is 12.1. The number of hydrogen-bond acceptors (Lipinski definition) is 6. The highest BCUT2D eigenvalue weighted by Gasteiger charge is 2.49. The van der Waals surface area contributed by atoms with E-state index in [9.17, 15) is 19.5 Å². The molecule has 0 aliphatic heterocycles. The van der Waals surface area contributed by atoms with Crippen molar-refractivity contribution in [3.8, 4) is 0 Å². The highest BCUT2D eigenvalue weighted by molar-refractivity contribution is 6.06. The maximum Gasteiger partial charge on any atom is 0.409 e. The second kappa shape index (κ2) is 9.19. The second-order valence-corrected chi connectivity index (χ2v) is 6.79. The summed E-state index contributed by atoms with van der Waals surface area (Å²) >= 11 is 0. The molecule has 0 spiro atoms. The summed E-state index contributed by atoms with van der Waals surface area (Å²) in [5, 5.41) is 11.8. The predicted molar refractivity (Wildman–Crippen MR) is 94.3 cm³/mol. The lowest BCUT2D eigenvalue weighted by Crippen LogP contribution is -2.61. The zero-order valence-corrected chi connectivity index (χ0v) is 15.3. The van der Waals surface area contributed by atoms with E-state index in [1.54, 1.807) is 51.1 Å². The van der Waals surface area contributed by atoms with Crippen molar-refractivity contribution in [3.05, 3.63) is 35.9 Å². The average molecular weight is 366 g/mol. The molecule has 0 aliphatic rings. The van der Waals surface area contributed by atoms with Gasteiger partial charge < -0.3 is 20.3 Å². The quantitative estimate of drug-likeness (QED) is 0.473. The van der Waals surface area contributed by atoms with Crippen molar-refractivity contribution in [3.63, 3.8) is 0 Å². The largest absolute Gasteiger partial charge is 0.479 e. The summed E-state index contributed by atoms with van der Waals surface area (Å²) in [7, 11) is 0. The first kappa shape index (κ1) is 21.4. The molecule has 0 bridgehead atoms. The number of carbonyl (C=O) groups is 3. The van der Waals surface area contributed by atoms with Crippen LogP contribution in [0.1, 0.15) is 39.2 Å². The van der Waals surface area contributed by atoms with Crippen LogP contribution in [0.15, 0.2) is 30.3 Å². The Morgan fingerprint density at radius 3 is 2.27 bits per heavy atom. The van der Waals surface area contributed by atoms with E-state index >= 15 is 0 Å². The fourth-order valence-electron chi connectivity index (χ4n) is 2.15. The Morgan fingerprint density at radius 2 is 1.77 bits per heavy atom. The lowest BCUT2D eigenvalue weighted by molar-refractivity contribution is -0.164. The van der Waals surface area contributed by atoms with Gasteiger partial charge in [-0.15, -0.1) is 0 Å². The van der Waals surface area contributed by atoms with E-state index < -0.39 is 29.2 Å². The van der Waals surface area contributed by atoms with Crippen molar-refractivity contribution in [1.82, 2.24) is 5.32 Å². The molecule has 8 heteroatoms. The van der Waals surface area contributed by atoms with Crippen molar-refractivity contribution in [1.29, 1.82) is 0 Å². The molecule has 1 rings (SSSR count). The molecule has 26 heavy (non-hydrogen) atoms. The van der Waals surface area contributed by atoms with E-state index in [1.807, 2.05) is 0 Å². The summed E-state index contributed by atoms with van der Waals surface area (Å²) in [6.45, 7) is 4.91. The van der Waals surface area contributed by atoms with E-state index in [1.165, 1.54) is 0 Å². The van der Waals surface area contributed by atoms with Gasteiger partial charge in [0, 0.05) is 0 Å². The Kier molecular flexibility index (Phi) is 7.57. The van der Waals surface area contributed by atoms with Crippen LogP contribution < -0.4 is 11.1 Å². The number of rotatable bonds is 8. The Bertz CT molecular complexity index is 626. The molecule has 0 unspecified atom stereocenters. The summed E-state index contributed by atoms with van der Waals surface area (Å²) in [5.41, 5.74) is 3.02. The summed E-state index contributed by atoms with van der Waals surface area (Å²) in [4.78, 5) is 36.5. The monoisotopic (exact) mass is 366 g/mol. The minimum atomic E-state index is -2.27. The molecule has 1 atom stereocenters. The SMILES string of the molecule is CC(C)(C)OC(=O)N[C@@](CCCN)(C(=O)O)C(=O)OCc1ccccc1. The fraction of sp³-hybridized carbons (Fsp3) is 0.500. The third-order valence-corrected chi connectivity index (χ3v) is 3.40. The number of carboxylic acids is 1. The molecule has 0 aliphatic carbocycles. The van der Waals surface area contributed by atoms with E-state index in [-0.39, 0.29) is 26.0 Å². The number of carbonyl (C=O) groups excluding carboxylic acids is 2. The van der Waals surface area contributed by atoms with E-state index in [2.05, 4.69) is 5.32 Å². The Morgan fingerprint density at radius 1 is 1.15 bits per heavy atom. The zero-order valence-electron chi connectivity index (χ0n) is 15.3. The smallest absolute Gasteiger partial charge is 0.409 e. The number of esters is 1. The molecule has 0 fully saturated rings. The summed E-state index contributed by atoms with van der Waals surface area (Å²) in [6, 6.07) is 8.80. The minimum absolute atomic E-state index is 0.118. The van der Waals surface area contributed by atoms with E-state index in [4.69, 9.17) is 15.2 Å². The molecule has 0 heterocycles. The maximum absolute atomic E-state index is 12.6. The molecular formula is C18H26N2O6. The van der Waals surface area contributed by atoms with Crippen LogP contribution in [0.4, 0.5) is 4.79 Å². The Balaban J connectivity index is 2.98. The van der Waals surface area contributed by atoms with Crippen LogP contribution in [-0.2, 0) is 25.7 Å². The van der Waals surface area contributed by atoms with Crippen LogP contribution in [-0.4, -0.2) is 40.8 Å². The van der Waals surface area contributed by atoms with Crippen LogP contribution in [0.2, 0.25) is 0 Å². The van der Waals surface area contributed by atoms with Crippen LogP contribution >= 0.6 is 0 Å². The van der Waals surface area contributed by atoms with Gasteiger partial charge in [-0.25, -0.2) is 14.4 Å². The van der Waals surface area contributed by atoms with Crippen molar-refractivity contribution in [2.75, 3.05) is 6.54 Å². The van der Waals surface area contributed by atoms with Gasteiger partial charge in [-0.2, -0.15) is 0 Å². The first-order valence-corrected chi connectivity index (χ1v) is 8.26. The molecular weight excluding hydrogens is 340 g/mol. The van der Waals surface area contributed by atoms with Crippen molar-refractivity contribution in [2.24, 2.45) is 5.73 Å². The van der Waals surface area contributed by atoms with Crippen molar-refractivity contribution < 1.29 is 29.0 Å². The van der Waals surface area contributed by atoms with Gasteiger partial charge in [0.05, 0.1) is 0 Å². The third kappa shape index (κ3) is 6.36. The highest BCUT2D eigenvalue weighted by Crippen LogP contribution is 2.19. The molecule has 0 aromatic heterocycles. The van der Waals surface area contributed by atoms with Gasteiger partial charge in [-0.1, -0.05) is 30.3 Å². The number of benzene rings is 1. The Labute approximate surface area is 152 Å². The molecule has 1 amide bonds. The molecule has 0 saturated carbocycles. The van der Waals surface area contributed by atoms with Gasteiger partial charge in [0.25, 0.3) is 0 Å². The standard InChI is InChI=1S/C18H26N2O6/c1-17(2,3)26-16(24)20-18(14(21)22,10-7-11-19)15(23)25-12-13-8-5-4-6-9-13/h4-6,8-9H,7,10-12,19H2,1-3H3,(H,20,24)(H,21,22)/t18-/m0/s1. The van der Waals surface area contributed by atoms with Gasteiger partial charge in [-0.05, 0) is 45.7 Å². The van der Waals surface area contributed by atoms with Gasteiger partial charge in [-0.3, -0.25) is 5.32 Å². The number of aliphatic carboxylic acids is 1. The van der Waals surface area contributed by atoms with Crippen LogP contribution in [0.5, 0.6) is 0 Å². The van der Waals surface area contributed by atoms with Crippen LogP contribution in [0.25, 0.3) is 0 Å². The van der Waals surface area contributed by atoms with Gasteiger partial charge in [0.1, 0.15) is 12.2 Å². The number of amides is 1. The van der Waals surface area contributed by atoms with Gasteiger partial charge in [0.2, 0.25) is 5.54 Å². The summed E-state index contributed by atoms with van der Waals surface area (Å²) < 4.78 is 10.2. The second-order valence-electron chi connectivity index (χ2n) is 6.79. The number of carboxylic acid groups (broad SMARTS) is 1. The number of hydrogen-bond donors (Lipinski definition) is 3. The topological polar surface area (TPSA) is 128 Å². The maximum atomic E-state index is 12.6. The molecule has 1 aromatic carbocycles. The van der Waals surface area contributed by atoms with Crippen molar-refractivity contribution >= 4 is 18.0 Å². The van der Waals surface area contributed by atoms with Crippen LogP contribution in [0.3, 0.4) is 0 Å². The lowest BCUT2D eigenvalue weighted by Gasteiger charge is -2.29. The van der Waals surface area contributed by atoms with E-state index in [0.717, 1.165) is 0 Å². The average Bonchev–Trinajstić information content (AvgIpc) is 2.55. The third-order valence-electron chi connectivity index (χ3n) is 3.40. The molecule has 0 saturated heterocycles. The summed E-state index contributed by atoms with van der Waals surface area (Å²) in [6.07, 6.45) is -1.04. The molecule has 1 aromatic rings. The minimum Gasteiger partial charge on any atom is -0.479 e. The van der Waals surface area contributed by atoms with Gasteiger partial charge >= 0.3 is 18.0 Å². The lowest BCUT2D eigenvalue weighted by atomic mass is 9.93. The first-order valence-electron chi connectivity index (χ1n) is 8.26. The number of nitrogens with two attached hydrogens (primary N) is 1. The van der Waals surface area contributed by atoms with Crippen molar-refractivity contribution in [2.45, 2.75) is 51.4 Å². The fourth-order valence-corrected chi connectivity index (χ4v) is 2.15. The number of alkyl carbamates (subject to hydrolysis) is 1. The number of nitrogens with one attached hydrogen (secondary N) is 1. The molecule has 8 nitrogen and oxygen atoms in total. The predicted octanol–water partition coefficient (Wildman–Crippen LogP) is 1.82.